The fraction of sp³-hybridized carbons (Fsp3) is 0.167. The van der Waals surface area contributed by atoms with Crippen LogP contribution in [-0.2, 0) is 19.6 Å². The van der Waals surface area contributed by atoms with Crippen LogP contribution in [0.25, 0.3) is 11.0 Å². The SMILES string of the molecule is CC(=O)Nc1ccc(S(=O)(=O)N2CN(C3=CC=C(C(=O)O)CC3)c3nc4ccccc4nc32)cc1. The van der Waals surface area contributed by atoms with E-state index >= 15 is 0 Å². The lowest BCUT2D eigenvalue weighted by Gasteiger charge is -2.24. The molecule has 0 bridgehead atoms. The number of nitrogens with zero attached hydrogens (tertiary/aromatic N) is 4. The molecule has 178 valence electrons. The number of amides is 1. The maximum atomic E-state index is 13.7. The normalized spacial score (nSPS) is 15.5. The molecule has 5 rings (SSSR count). The highest BCUT2D eigenvalue weighted by Gasteiger charge is 2.39. The summed E-state index contributed by atoms with van der Waals surface area (Å²) < 4.78 is 28.5. The first-order valence-electron chi connectivity index (χ1n) is 10.8. The average molecular weight is 492 g/mol. The van der Waals surface area contributed by atoms with Gasteiger partial charge in [-0.05, 0) is 55.3 Å². The Bertz CT molecular complexity index is 1530. The molecule has 0 saturated carbocycles. The van der Waals surface area contributed by atoms with Crippen LogP contribution < -0.4 is 14.5 Å². The molecule has 35 heavy (non-hydrogen) atoms. The van der Waals surface area contributed by atoms with Gasteiger partial charge in [0.2, 0.25) is 5.91 Å². The number of benzene rings is 2. The number of carbonyl (C=O) groups is 2. The molecule has 0 fully saturated rings. The summed E-state index contributed by atoms with van der Waals surface area (Å²) in [5.74, 6) is -0.642. The van der Waals surface area contributed by atoms with Gasteiger partial charge in [0.15, 0.2) is 11.6 Å². The topological polar surface area (TPSA) is 133 Å². The number of sulfonamides is 1. The summed E-state index contributed by atoms with van der Waals surface area (Å²) in [4.78, 5) is 33.7. The van der Waals surface area contributed by atoms with Gasteiger partial charge < -0.3 is 15.3 Å². The third-order valence-electron chi connectivity index (χ3n) is 5.81. The van der Waals surface area contributed by atoms with Gasteiger partial charge in [-0.2, -0.15) is 0 Å². The van der Waals surface area contributed by atoms with E-state index in [1.165, 1.54) is 41.6 Å². The van der Waals surface area contributed by atoms with Crippen LogP contribution in [0.1, 0.15) is 19.8 Å². The van der Waals surface area contributed by atoms with Gasteiger partial charge in [-0.3, -0.25) is 4.79 Å². The lowest BCUT2D eigenvalue weighted by atomic mass is 10.0. The lowest BCUT2D eigenvalue weighted by Crippen LogP contribution is -2.35. The minimum absolute atomic E-state index is 0.0417. The van der Waals surface area contributed by atoms with E-state index in [-0.39, 0.29) is 23.3 Å². The van der Waals surface area contributed by atoms with E-state index in [2.05, 4.69) is 10.3 Å². The molecule has 0 unspecified atom stereocenters. The summed E-state index contributed by atoms with van der Waals surface area (Å²) in [6, 6.07) is 13.1. The van der Waals surface area contributed by atoms with E-state index in [9.17, 15) is 23.1 Å². The number of nitrogens with one attached hydrogen (secondary N) is 1. The van der Waals surface area contributed by atoms with Crippen LogP contribution in [-0.4, -0.2) is 42.0 Å². The average Bonchev–Trinajstić information content (AvgIpc) is 3.22. The van der Waals surface area contributed by atoms with E-state index in [0.29, 0.717) is 41.0 Å². The number of anilines is 3. The predicted molar refractivity (Wildman–Crippen MR) is 130 cm³/mol. The number of aromatic nitrogens is 2. The Kier molecular flexibility index (Phi) is 5.48. The summed E-state index contributed by atoms with van der Waals surface area (Å²) in [6.07, 6.45) is 3.97. The van der Waals surface area contributed by atoms with Crippen molar-refractivity contribution in [3.05, 3.63) is 72.0 Å². The van der Waals surface area contributed by atoms with Gasteiger partial charge in [0, 0.05) is 23.9 Å². The molecular formula is C24H21N5O5S. The molecule has 3 aromatic rings. The quantitative estimate of drug-likeness (QED) is 0.556. The Morgan fingerprint density at radius 3 is 2.17 bits per heavy atom. The number of allylic oxidation sites excluding steroid dienone is 3. The maximum Gasteiger partial charge on any atom is 0.331 e. The molecular weight excluding hydrogens is 470 g/mol. The molecule has 2 aromatic carbocycles. The number of para-hydroxylation sites is 2. The fourth-order valence-corrected chi connectivity index (χ4v) is 5.43. The summed E-state index contributed by atoms with van der Waals surface area (Å²) in [5, 5.41) is 11.9. The van der Waals surface area contributed by atoms with E-state index < -0.39 is 16.0 Å². The highest BCUT2D eigenvalue weighted by atomic mass is 32.2. The van der Waals surface area contributed by atoms with Crippen molar-refractivity contribution < 1.29 is 23.1 Å². The van der Waals surface area contributed by atoms with Crippen LogP contribution in [0, 0.1) is 0 Å². The molecule has 2 aliphatic rings. The van der Waals surface area contributed by atoms with Crippen molar-refractivity contribution in [2.75, 3.05) is 21.2 Å². The largest absolute Gasteiger partial charge is 0.478 e. The first kappa shape index (κ1) is 22.5. The van der Waals surface area contributed by atoms with Gasteiger partial charge in [0.25, 0.3) is 10.0 Å². The van der Waals surface area contributed by atoms with Gasteiger partial charge in [-0.1, -0.05) is 18.2 Å². The van der Waals surface area contributed by atoms with Crippen LogP contribution in [0.5, 0.6) is 0 Å². The third kappa shape index (κ3) is 4.10. The molecule has 1 aromatic heterocycles. The first-order valence-corrected chi connectivity index (χ1v) is 12.3. The Morgan fingerprint density at radius 1 is 0.943 bits per heavy atom. The number of carbonyl (C=O) groups excluding carboxylic acids is 1. The Balaban J connectivity index is 1.58. The molecule has 2 heterocycles. The molecule has 11 heteroatoms. The Hall–Kier alpha value is -4.25. The number of aliphatic carboxylic acids is 1. The Labute approximate surface area is 201 Å². The molecule has 1 amide bonds. The zero-order valence-corrected chi connectivity index (χ0v) is 19.5. The van der Waals surface area contributed by atoms with E-state index in [4.69, 9.17) is 4.98 Å². The third-order valence-corrected chi connectivity index (χ3v) is 7.54. The molecule has 1 aliphatic carbocycles. The minimum Gasteiger partial charge on any atom is -0.478 e. The maximum absolute atomic E-state index is 13.7. The van der Waals surface area contributed by atoms with Gasteiger partial charge in [-0.25, -0.2) is 27.5 Å². The summed E-state index contributed by atoms with van der Waals surface area (Å²) in [5.41, 5.74) is 2.70. The molecule has 0 atom stereocenters. The smallest absolute Gasteiger partial charge is 0.331 e. The second-order valence-corrected chi connectivity index (χ2v) is 10.0. The fourth-order valence-electron chi connectivity index (χ4n) is 4.08. The molecule has 0 spiro atoms. The number of fused-ring (bicyclic) bond motifs is 2. The standard InChI is InChI=1S/C24H21N5O5S/c1-15(30)25-17-8-12-19(13-9-17)35(33,34)29-14-28(18-10-6-16(7-11-18)24(31)32)22-23(29)27-21-5-3-2-4-20(21)26-22/h2-6,8-10,12-13H,7,11,14H2,1H3,(H,25,30)(H,31,32). The highest BCUT2D eigenvalue weighted by Crippen LogP contribution is 2.41. The first-order chi connectivity index (χ1) is 16.7. The highest BCUT2D eigenvalue weighted by molar-refractivity contribution is 7.92. The summed E-state index contributed by atoms with van der Waals surface area (Å²) >= 11 is 0. The number of hydrogen-bond acceptors (Lipinski definition) is 7. The monoisotopic (exact) mass is 491 g/mol. The van der Waals surface area contributed by atoms with Crippen molar-refractivity contribution in [2.24, 2.45) is 0 Å². The van der Waals surface area contributed by atoms with Gasteiger partial charge in [-0.15, -0.1) is 0 Å². The molecule has 10 nitrogen and oxygen atoms in total. The minimum atomic E-state index is -4.02. The Morgan fingerprint density at radius 2 is 1.60 bits per heavy atom. The number of rotatable bonds is 5. The van der Waals surface area contributed by atoms with Crippen LogP contribution in [0.15, 0.2) is 76.8 Å². The van der Waals surface area contributed by atoms with E-state index in [1.807, 2.05) is 6.07 Å². The number of carboxylic acids is 1. The molecule has 0 saturated heterocycles. The second kappa shape index (κ2) is 8.51. The lowest BCUT2D eigenvalue weighted by molar-refractivity contribution is -0.132. The van der Waals surface area contributed by atoms with Crippen LogP contribution in [0.4, 0.5) is 17.3 Å². The van der Waals surface area contributed by atoms with Crippen molar-refractivity contribution in [1.29, 1.82) is 0 Å². The van der Waals surface area contributed by atoms with Crippen molar-refractivity contribution in [3.63, 3.8) is 0 Å². The van der Waals surface area contributed by atoms with Gasteiger partial charge in [0.1, 0.15) is 6.67 Å². The zero-order valence-electron chi connectivity index (χ0n) is 18.7. The van der Waals surface area contributed by atoms with E-state index in [1.54, 1.807) is 29.2 Å². The number of carboxylic acid groups (broad SMARTS) is 1. The summed E-state index contributed by atoms with van der Waals surface area (Å²) in [6.45, 7) is 1.32. The van der Waals surface area contributed by atoms with Crippen LogP contribution >= 0.6 is 0 Å². The van der Waals surface area contributed by atoms with Crippen molar-refractivity contribution in [2.45, 2.75) is 24.7 Å². The van der Waals surface area contributed by atoms with Crippen molar-refractivity contribution >= 4 is 50.3 Å². The second-order valence-electron chi connectivity index (χ2n) is 8.14. The van der Waals surface area contributed by atoms with Crippen LogP contribution in [0.2, 0.25) is 0 Å². The predicted octanol–water partition coefficient (Wildman–Crippen LogP) is 3.25. The van der Waals surface area contributed by atoms with Gasteiger partial charge >= 0.3 is 5.97 Å². The van der Waals surface area contributed by atoms with Gasteiger partial charge in [0.05, 0.1) is 15.9 Å². The number of hydrogen-bond donors (Lipinski definition) is 2. The zero-order chi connectivity index (χ0) is 24.7. The van der Waals surface area contributed by atoms with Crippen LogP contribution in [0.3, 0.4) is 0 Å². The molecule has 2 N–H and O–H groups in total. The summed E-state index contributed by atoms with van der Waals surface area (Å²) in [7, 11) is -4.02. The molecule has 0 radical (unpaired) electrons. The van der Waals surface area contributed by atoms with Crippen molar-refractivity contribution in [3.8, 4) is 0 Å². The van der Waals surface area contributed by atoms with E-state index in [0.717, 1.165) is 5.70 Å². The van der Waals surface area contributed by atoms with Crippen molar-refractivity contribution in [1.82, 2.24) is 9.97 Å². The molecule has 1 aliphatic heterocycles.